The Balaban J connectivity index is 2.11. The normalized spacial score (nSPS) is 10.5. The van der Waals surface area contributed by atoms with Crippen LogP contribution in [0.2, 0.25) is 5.02 Å². The third-order valence-electron chi connectivity index (χ3n) is 2.33. The molecule has 0 fully saturated rings. The van der Waals surface area contributed by atoms with Crippen molar-refractivity contribution in [2.45, 2.75) is 10.6 Å². The third kappa shape index (κ3) is 3.56. The highest BCUT2D eigenvalue weighted by Crippen LogP contribution is 2.27. The van der Waals surface area contributed by atoms with E-state index in [1.807, 2.05) is 0 Å². The van der Waals surface area contributed by atoms with Crippen molar-refractivity contribution in [3.8, 4) is 0 Å². The van der Waals surface area contributed by atoms with Gasteiger partial charge in [0.25, 0.3) is 0 Å². The van der Waals surface area contributed by atoms with Gasteiger partial charge in [-0.3, -0.25) is 0 Å². The molecule has 3 nitrogen and oxygen atoms in total. The molecule has 1 aromatic carbocycles. The average Bonchev–Trinajstić information content (AvgIpc) is 2.41. The molecule has 19 heavy (non-hydrogen) atoms. The molecule has 7 heteroatoms. The molecule has 0 bridgehead atoms. The molecule has 0 aliphatic carbocycles. The quantitative estimate of drug-likeness (QED) is 0.515. The number of pyridine rings is 1. The number of benzene rings is 1. The fourth-order valence-corrected chi connectivity index (χ4v) is 2.51. The van der Waals surface area contributed by atoms with E-state index < -0.39 is 11.6 Å². The second kappa shape index (κ2) is 6.18. The number of nitrogens with zero attached hydrogens (tertiary/aromatic N) is 1. The zero-order valence-electron chi connectivity index (χ0n) is 9.66. The number of nitrogen functional groups attached to an aromatic ring is 1. The van der Waals surface area contributed by atoms with Crippen LogP contribution in [0.15, 0.2) is 35.2 Å². The molecule has 0 saturated carbocycles. The number of hydrogen-bond acceptors (Lipinski definition) is 4. The van der Waals surface area contributed by atoms with Gasteiger partial charge in [-0.05, 0) is 30.3 Å². The Morgan fingerprint density at radius 3 is 2.68 bits per heavy atom. The summed E-state index contributed by atoms with van der Waals surface area (Å²) in [7, 11) is 0. The van der Waals surface area contributed by atoms with E-state index in [1.54, 1.807) is 12.1 Å². The number of hydrogen-bond donors (Lipinski definition) is 2. The summed E-state index contributed by atoms with van der Waals surface area (Å²) in [5, 5.41) is 0.495. The Kier molecular flexibility index (Phi) is 4.57. The van der Waals surface area contributed by atoms with E-state index in [0.717, 1.165) is 12.1 Å². The van der Waals surface area contributed by atoms with Crippen LogP contribution < -0.4 is 11.3 Å². The van der Waals surface area contributed by atoms with Gasteiger partial charge >= 0.3 is 0 Å². The first-order valence-electron chi connectivity index (χ1n) is 5.30. The molecule has 0 unspecified atom stereocenters. The number of rotatable bonds is 4. The summed E-state index contributed by atoms with van der Waals surface area (Å²) in [6.45, 7) is 0. The summed E-state index contributed by atoms with van der Waals surface area (Å²) >= 11 is 7.30. The van der Waals surface area contributed by atoms with Gasteiger partial charge in [-0.2, -0.15) is 0 Å². The fraction of sp³-hybridized carbons (Fsp3) is 0.0833. The van der Waals surface area contributed by atoms with Crippen LogP contribution in [0.1, 0.15) is 5.69 Å². The molecule has 2 rings (SSSR count). The van der Waals surface area contributed by atoms with Crippen molar-refractivity contribution in [2.75, 3.05) is 5.43 Å². The summed E-state index contributed by atoms with van der Waals surface area (Å²) < 4.78 is 25.8. The zero-order chi connectivity index (χ0) is 13.8. The second-order valence-electron chi connectivity index (χ2n) is 3.63. The monoisotopic (exact) mass is 301 g/mol. The SMILES string of the molecule is NNc1ccc(Cl)c(CSc2ccc(F)c(F)c2)n1. The summed E-state index contributed by atoms with van der Waals surface area (Å²) in [6, 6.07) is 7.05. The van der Waals surface area contributed by atoms with Gasteiger partial charge in [-0.15, -0.1) is 11.8 Å². The summed E-state index contributed by atoms with van der Waals surface area (Å²) in [5.41, 5.74) is 3.04. The first kappa shape index (κ1) is 14.0. The van der Waals surface area contributed by atoms with Crippen molar-refractivity contribution >= 4 is 29.2 Å². The maximum atomic E-state index is 13.0. The predicted octanol–water partition coefficient (Wildman–Crippen LogP) is 3.59. The lowest BCUT2D eigenvalue weighted by molar-refractivity contribution is 0.506. The van der Waals surface area contributed by atoms with Crippen molar-refractivity contribution in [1.29, 1.82) is 0 Å². The van der Waals surface area contributed by atoms with E-state index in [1.165, 1.54) is 17.8 Å². The highest BCUT2D eigenvalue weighted by atomic mass is 35.5. The maximum absolute atomic E-state index is 13.0. The van der Waals surface area contributed by atoms with Gasteiger partial charge < -0.3 is 5.43 Å². The van der Waals surface area contributed by atoms with Crippen LogP contribution in [0, 0.1) is 11.6 Å². The topological polar surface area (TPSA) is 50.9 Å². The molecule has 100 valence electrons. The third-order valence-corrected chi connectivity index (χ3v) is 3.68. The summed E-state index contributed by atoms with van der Waals surface area (Å²) in [4.78, 5) is 4.79. The molecule has 0 aliphatic rings. The van der Waals surface area contributed by atoms with Crippen LogP contribution in [0.4, 0.5) is 14.6 Å². The Morgan fingerprint density at radius 2 is 2.00 bits per heavy atom. The van der Waals surface area contributed by atoms with Gasteiger partial charge in [-0.25, -0.2) is 19.6 Å². The van der Waals surface area contributed by atoms with E-state index in [4.69, 9.17) is 17.4 Å². The standard InChI is InChI=1S/C12H10ClF2N3S/c13-8-2-4-12(18-16)17-11(8)6-19-7-1-3-9(14)10(15)5-7/h1-5H,6,16H2,(H,17,18). The van der Waals surface area contributed by atoms with Crippen molar-refractivity contribution in [3.05, 3.63) is 52.7 Å². The van der Waals surface area contributed by atoms with Crippen molar-refractivity contribution < 1.29 is 8.78 Å². The molecule has 0 saturated heterocycles. The first-order valence-corrected chi connectivity index (χ1v) is 6.66. The molecular weight excluding hydrogens is 292 g/mol. The Labute approximate surface area is 118 Å². The number of nitrogens with two attached hydrogens (primary N) is 1. The Morgan fingerprint density at radius 1 is 1.21 bits per heavy atom. The number of nitrogens with one attached hydrogen (secondary N) is 1. The average molecular weight is 302 g/mol. The van der Waals surface area contributed by atoms with Crippen LogP contribution in [0.5, 0.6) is 0 Å². The number of halogens is 3. The lowest BCUT2D eigenvalue weighted by atomic mass is 10.3. The molecule has 2 aromatic rings. The molecule has 0 amide bonds. The molecule has 0 aliphatic heterocycles. The van der Waals surface area contributed by atoms with Gasteiger partial charge in [0.05, 0.1) is 10.7 Å². The molecule has 3 N–H and O–H groups in total. The number of aromatic nitrogens is 1. The lowest BCUT2D eigenvalue weighted by Gasteiger charge is -2.06. The summed E-state index contributed by atoms with van der Waals surface area (Å²) in [6.07, 6.45) is 0. The zero-order valence-corrected chi connectivity index (χ0v) is 11.2. The molecule has 0 atom stereocenters. The largest absolute Gasteiger partial charge is 0.308 e. The predicted molar refractivity (Wildman–Crippen MR) is 73.0 cm³/mol. The molecule has 0 spiro atoms. The van der Waals surface area contributed by atoms with Crippen LogP contribution in [0.3, 0.4) is 0 Å². The van der Waals surface area contributed by atoms with E-state index >= 15 is 0 Å². The van der Waals surface area contributed by atoms with Crippen LogP contribution in [0.25, 0.3) is 0 Å². The maximum Gasteiger partial charge on any atom is 0.159 e. The number of thioether (sulfide) groups is 1. The van der Waals surface area contributed by atoms with E-state index in [0.29, 0.717) is 27.2 Å². The minimum atomic E-state index is -0.874. The second-order valence-corrected chi connectivity index (χ2v) is 5.09. The Bertz CT molecular complexity index is 595. The highest BCUT2D eigenvalue weighted by Gasteiger charge is 2.07. The van der Waals surface area contributed by atoms with Crippen molar-refractivity contribution in [1.82, 2.24) is 4.98 Å². The smallest absolute Gasteiger partial charge is 0.159 e. The van der Waals surface area contributed by atoms with Gasteiger partial charge in [0.15, 0.2) is 11.6 Å². The molecular formula is C12H10ClF2N3S. The van der Waals surface area contributed by atoms with Gasteiger partial charge in [0.1, 0.15) is 5.82 Å². The van der Waals surface area contributed by atoms with Gasteiger partial charge in [0, 0.05) is 10.6 Å². The molecule has 1 heterocycles. The van der Waals surface area contributed by atoms with Crippen molar-refractivity contribution in [2.24, 2.45) is 5.84 Å². The minimum absolute atomic E-state index is 0.430. The van der Waals surface area contributed by atoms with Crippen LogP contribution >= 0.6 is 23.4 Å². The number of anilines is 1. The van der Waals surface area contributed by atoms with E-state index in [-0.39, 0.29) is 0 Å². The lowest BCUT2D eigenvalue weighted by Crippen LogP contribution is -2.09. The van der Waals surface area contributed by atoms with Gasteiger partial charge in [0.2, 0.25) is 0 Å². The van der Waals surface area contributed by atoms with E-state index in [2.05, 4.69) is 10.4 Å². The first-order chi connectivity index (χ1) is 9.10. The van der Waals surface area contributed by atoms with Crippen LogP contribution in [-0.4, -0.2) is 4.98 Å². The highest BCUT2D eigenvalue weighted by molar-refractivity contribution is 7.98. The fourth-order valence-electron chi connectivity index (χ4n) is 1.38. The summed E-state index contributed by atoms with van der Waals surface area (Å²) in [5.74, 6) is 4.44. The van der Waals surface area contributed by atoms with Gasteiger partial charge in [-0.1, -0.05) is 11.6 Å². The molecule has 1 aromatic heterocycles. The Hall–Kier alpha value is -1.37. The minimum Gasteiger partial charge on any atom is -0.308 e. The molecule has 0 radical (unpaired) electrons. The van der Waals surface area contributed by atoms with E-state index in [9.17, 15) is 8.78 Å². The van der Waals surface area contributed by atoms with Crippen molar-refractivity contribution in [3.63, 3.8) is 0 Å². The van der Waals surface area contributed by atoms with Crippen LogP contribution in [-0.2, 0) is 5.75 Å². The number of hydrazine groups is 1.